The molecule has 1 amide bonds. The first-order chi connectivity index (χ1) is 13.8. The SMILES string of the molecule is CC(C)c1ccc(S(=O)(=O)N2CCN(C(=O)CCc3ccc(F)cc3)CC2)cc1. The molecular formula is C22H27FN2O3S. The normalized spacial score (nSPS) is 15.7. The molecular weight excluding hydrogens is 391 g/mol. The molecule has 0 N–H and O–H groups in total. The molecule has 0 bridgehead atoms. The Hall–Kier alpha value is -2.25. The molecule has 0 unspecified atom stereocenters. The second-order valence-corrected chi connectivity index (χ2v) is 9.57. The number of halogens is 1. The van der Waals surface area contributed by atoms with Gasteiger partial charge in [0, 0.05) is 32.6 Å². The lowest BCUT2D eigenvalue weighted by Crippen LogP contribution is -2.50. The molecule has 2 aromatic carbocycles. The van der Waals surface area contributed by atoms with Gasteiger partial charge in [-0.15, -0.1) is 0 Å². The van der Waals surface area contributed by atoms with Crippen LogP contribution in [0.4, 0.5) is 4.39 Å². The van der Waals surface area contributed by atoms with Crippen LogP contribution >= 0.6 is 0 Å². The van der Waals surface area contributed by atoms with Gasteiger partial charge in [0.2, 0.25) is 15.9 Å². The molecule has 0 radical (unpaired) electrons. The number of benzene rings is 2. The predicted molar refractivity (Wildman–Crippen MR) is 111 cm³/mol. The highest BCUT2D eigenvalue weighted by Gasteiger charge is 2.30. The van der Waals surface area contributed by atoms with Crippen LogP contribution in [0.3, 0.4) is 0 Å². The van der Waals surface area contributed by atoms with Gasteiger partial charge in [-0.3, -0.25) is 4.79 Å². The number of amides is 1. The summed E-state index contributed by atoms with van der Waals surface area (Å²) in [6.45, 7) is 5.47. The molecule has 1 fully saturated rings. The van der Waals surface area contributed by atoms with Crippen LogP contribution in [0.1, 0.15) is 37.3 Å². The van der Waals surface area contributed by atoms with Gasteiger partial charge in [0.15, 0.2) is 0 Å². The molecule has 29 heavy (non-hydrogen) atoms. The van der Waals surface area contributed by atoms with Gasteiger partial charge >= 0.3 is 0 Å². The fourth-order valence-corrected chi connectivity index (χ4v) is 4.83. The van der Waals surface area contributed by atoms with Gasteiger partial charge in [-0.2, -0.15) is 4.31 Å². The van der Waals surface area contributed by atoms with Crippen molar-refractivity contribution in [3.8, 4) is 0 Å². The second kappa shape index (κ2) is 9.05. The van der Waals surface area contributed by atoms with Gasteiger partial charge < -0.3 is 4.90 Å². The summed E-state index contributed by atoms with van der Waals surface area (Å²) >= 11 is 0. The molecule has 0 atom stereocenters. The van der Waals surface area contributed by atoms with E-state index < -0.39 is 10.0 Å². The second-order valence-electron chi connectivity index (χ2n) is 7.64. The van der Waals surface area contributed by atoms with Crippen molar-refractivity contribution in [2.75, 3.05) is 26.2 Å². The van der Waals surface area contributed by atoms with Gasteiger partial charge in [-0.1, -0.05) is 38.1 Å². The van der Waals surface area contributed by atoms with Crippen molar-refractivity contribution >= 4 is 15.9 Å². The Kier molecular flexibility index (Phi) is 6.70. The molecule has 0 spiro atoms. The third kappa shape index (κ3) is 5.22. The number of hydrogen-bond donors (Lipinski definition) is 0. The summed E-state index contributed by atoms with van der Waals surface area (Å²) in [4.78, 5) is 14.4. The Balaban J connectivity index is 1.54. The van der Waals surface area contributed by atoms with Crippen molar-refractivity contribution in [2.45, 2.75) is 37.5 Å². The van der Waals surface area contributed by atoms with Crippen molar-refractivity contribution < 1.29 is 17.6 Å². The third-order valence-corrected chi connectivity index (χ3v) is 7.23. The maximum atomic E-state index is 13.0. The van der Waals surface area contributed by atoms with Crippen LogP contribution in [0, 0.1) is 5.82 Å². The van der Waals surface area contributed by atoms with E-state index in [1.165, 1.54) is 16.4 Å². The Morgan fingerprint density at radius 2 is 1.55 bits per heavy atom. The van der Waals surface area contributed by atoms with E-state index in [1.807, 2.05) is 12.1 Å². The fraction of sp³-hybridized carbons (Fsp3) is 0.409. The lowest BCUT2D eigenvalue weighted by atomic mass is 10.0. The molecule has 2 aromatic rings. The van der Waals surface area contributed by atoms with E-state index in [4.69, 9.17) is 0 Å². The van der Waals surface area contributed by atoms with Crippen molar-refractivity contribution in [3.63, 3.8) is 0 Å². The van der Waals surface area contributed by atoms with Crippen LogP contribution in [0.2, 0.25) is 0 Å². The van der Waals surface area contributed by atoms with Crippen molar-refractivity contribution in [3.05, 3.63) is 65.5 Å². The summed E-state index contributed by atoms with van der Waals surface area (Å²) in [5.41, 5.74) is 2.01. The molecule has 0 aromatic heterocycles. The number of piperazine rings is 1. The third-order valence-electron chi connectivity index (χ3n) is 5.32. The highest BCUT2D eigenvalue weighted by Crippen LogP contribution is 2.21. The van der Waals surface area contributed by atoms with Crippen LogP contribution in [0.15, 0.2) is 53.4 Å². The molecule has 7 heteroatoms. The first kappa shape index (κ1) is 21.5. The number of carbonyl (C=O) groups excluding carboxylic acids is 1. The number of sulfonamides is 1. The lowest BCUT2D eigenvalue weighted by Gasteiger charge is -2.34. The smallest absolute Gasteiger partial charge is 0.243 e. The van der Waals surface area contributed by atoms with E-state index in [0.29, 0.717) is 31.8 Å². The average molecular weight is 419 g/mol. The molecule has 0 saturated carbocycles. The van der Waals surface area contributed by atoms with Gasteiger partial charge in [0.05, 0.1) is 4.90 Å². The molecule has 1 heterocycles. The topological polar surface area (TPSA) is 57.7 Å². The zero-order valence-electron chi connectivity index (χ0n) is 16.8. The van der Waals surface area contributed by atoms with Crippen molar-refractivity contribution in [1.29, 1.82) is 0 Å². The summed E-state index contributed by atoms with van der Waals surface area (Å²) in [5.74, 6) is 0.0418. The summed E-state index contributed by atoms with van der Waals surface area (Å²) in [7, 11) is -3.55. The highest BCUT2D eigenvalue weighted by atomic mass is 32.2. The number of nitrogens with zero attached hydrogens (tertiary/aromatic N) is 2. The number of rotatable bonds is 6. The minimum absolute atomic E-state index is 0.00680. The molecule has 5 nitrogen and oxygen atoms in total. The zero-order chi connectivity index (χ0) is 21.0. The quantitative estimate of drug-likeness (QED) is 0.722. The minimum atomic E-state index is -3.55. The fourth-order valence-electron chi connectivity index (χ4n) is 3.41. The predicted octanol–water partition coefficient (Wildman–Crippen LogP) is 3.41. The Morgan fingerprint density at radius 1 is 0.966 bits per heavy atom. The molecule has 1 aliphatic rings. The van der Waals surface area contributed by atoms with E-state index in [1.54, 1.807) is 29.2 Å². The van der Waals surface area contributed by atoms with Gasteiger partial charge in [-0.05, 0) is 47.7 Å². The maximum Gasteiger partial charge on any atom is 0.243 e. The molecule has 0 aliphatic carbocycles. The van der Waals surface area contributed by atoms with Crippen LogP contribution in [0.25, 0.3) is 0 Å². The van der Waals surface area contributed by atoms with Crippen LogP contribution in [-0.4, -0.2) is 49.7 Å². The van der Waals surface area contributed by atoms with Crippen molar-refractivity contribution in [1.82, 2.24) is 9.21 Å². The number of aryl methyl sites for hydroxylation is 1. The molecule has 1 aliphatic heterocycles. The van der Waals surface area contributed by atoms with Crippen LogP contribution in [0.5, 0.6) is 0 Å². The van der Waals surface area contributed by atoms with E-state index in [2.05, 4.69) is 13.8 Å². The lowest BCUT2D eigenvalue weighted by molar-refractivity contribution is -0.132. The summed E-state index contributed by atoms with van der Waals surface area (Å²) in [6, 6.07) is 13.2. The van der Waals surface area contributed by atoms with Crippen LogP contribution < -0.4 is 0 Å². The maximum absolute atomic E-state index is 13.0. The van der Waals surface area contributed by atoms with Crippen molar-refractivity contribution in [2.24, 2.45) is 0 Å². The standard InChI is InChI=1S/C22H27FN2O3S/c1-17(2)19-6-10-21(11-7-19)29(27,28)25-15-13-24(14-16-25)22(26)12-5-18-3-8-20(23)9-4-18/h3-4,6-11,17H,5,12-16H2,1-2H3. The molecule has 3 rings (SSSR count). The van der Waals surface area contributed by atoms with E-state index in [0.717, 1.165) is 11.1 Å². The largest absolute Gasteiger partial charge is 0.340 e. The van der Waals surface area contributed by atoms with Gasteiger partial charge in [0.25, 0.3) is 0 Å². The average Bonchev–Trinajstić information content (AvgIpc) is 2.73. The highest BCUT2D eigenvalue weighted by molar-refractivity contribution is 7.89. The summed E-state index contributed by atoms with van der Waals surface area (Å²) in [6.07, 6.45) is 0.870. The zero-order valence-corrected chi connectivity index (χ0v) is 17.7. The summed E-state index contributed by atoms with van der Waals surface area (Å²) < 4.78 is 40.2. The Morgan fingerprint density at radius 3 is 2.10 bits per heavy atom. The number of hydrogen-bond acceptors (Lipinski definition) is 3. The van der Waals surface area contributed by atoms with Gasteiger partial charge in [0.1, 0.15) is 5.82 Å². The first-order valence-corrected chi connectivity index (χ1v) is 11.3. The summed E-state index contributed by atoms with van der Waals surface area (Å²) in [5, 5.41) is 0. The number of carbonyl (C=O) groups is 1. The Labute approximate surface area is 172 Å². The van der Waals surface area contributed by atoms with E-state index in [9.17, 15) is 17.6 Å². The first-order valence-electron chi connectivity index (χ1n) is 9.89. The molecule has 1 saturated heterocycles. The Bertz CT molecular complexity index is 933. The van der Waals surface area contributed by atoms with E-state index >= 15 is 0 Å². The van der Waals surface area contributed by atoms with Gasteiger partial charge in [-0.25, -0.2) is 12.8 Å². The monoisotopic (exact) mass is 418 g/mol. The molecule has 156 valence electrons. The van der Waals surface area contributed by atoms with E-state index in [-0.39, 0.29) is 29.7 Å². The van der Waals surface area contributed by atoms with Crippen LogP contribution in [-0.2, 0) is 21.2 Å². The minimum Gasteiger partial charge on any atom is -0.340 e.